The van der Waals surface area contributed by atoms with Gasteiger partial charge in [0.05, 0.1) is 24.2 Å². The first kappa shape index (κ1) is 21.7. The van der Waals surface area contributed by atoms with Crippen LogP contribution in [0.4, 0.5) is 21.7 Å². The zero-order valence-corrected chi connectivity index (χ0v) is 17.5. The summed E-state index contributed by atoms with van der Waals surface area (Å²) in [6.45, 7) is 3.59. The summed E-state index contributed by atoms with van der Waals surface area (Å²) in [5, 5.41) is 15.6. The Labute approximate surface area is 177 Å². The summed E-state index contributed by atoms with van der Waals surface area (Å²) in [6, 6.07) is 6.74. The van der Waals surface area contributed by atoms with Crippen LogP contribution in [-0.4, -0.2) is 33.6 Å². The molecular weight excluding hydrogens is 381 g/mol. The molecule has 30 heavy (non-hydrogen) atoms. The Hall–Kier alpha value is -2.98. The number of halogens is 1. The molecule has 0 amide bonds. The summed E-state index contributed by atoms with van der Waals surface area (Å²) in [4.78, 5) is 13.5. The third-order valence-electron chi connectivity index (χ3n) is 4.96. The van der Waals surface area contributed by atoms with E-state index in [0.717, 1.165) is 12.8 Å². The number of aryl methyl sites for hydroxylation is 1. The van der Waals surface area contributed by atoms with Crippen molar-refractivity contribution < 1.29 is 9.50 Å². The van der Waals surface area contributed by atoms with E-state index in [4.69, 9.17) is 0 Å². The van der Waals surface area contributed by atoms with Crippen LogP contribution in [0.5, 0.6) is 0 Å². The second kappa shape index (κ2) is 10.7. The SMILES string of the molecule is Cc1nc(NC2CCCCC2)ncc1/N=C(\C#C[C@H](C)CO)Nc1ccccc1F. The number of anilines is 2. The highest BCUT2D eigenvalue weighted by Crippen LogP contribution is 2.22. The van der Waals surface area contributed by atoms with E-state index < -0.39 is 5.82 Å². The Morgan fingerprint density at radius 2 is 2.07 bits per heavy atom. The Balaban J connectivity index is 1.83. The van der Waals surface area contributed by atoms with Gasteiger partial charge in [0.1, 0.15) is 11.5 Å². The number of nitrogens with one attached hydrogen (secondary N) is 2. The standard InChI is InChI=1S/C23H28FN5O/c1-16(15-30)12-13-22(28-20-11-7-6-10-19(20)24)29-21-14-25-23(26-17(21)2)27-18-8-4-3-5-9-18/h6-7,10-11,14,16,18,30H,3-5,8-9,15H2,1-2H3,(H,28,29)(H,25,26,27)/t16-/m0/s1. The monoisotopic (exact) mass is 409 g/mol. The average molecular weight is 410 g/mol. The molecule has 0 unspecified atom stereocenters. The molecule has 3 N–H and O–H groups in total. The minimum absolute atomic E-state index is 0.0658. The molecule has 1 aromatic carbocycles. The van der Waals surface area contributed by atoms with Crippen LogP contribution in [0.1, 0.15) is 44.7 Å². The van der Waals surface area contributed by atoms with Gasteiger partial charge >= 0.3 is 0 Å². The van der Waals surface area contributed by atoms with Crippen molar-refractivity contribution >= 4 is 23.2 Å². The molecule has 1 saturated carbocycles. The van der Waals surface area contributed by atoms with Crippen LogP contribution in [-0.2, 0) is 0 Å². The summed E-state index contributed by atoms with van der Waals surface area (Å²) >= 11 is 0. The zero-order valence-electron chi connectivity index (χ0n) is 17.5. The van der Waals surface area contributed by atoms with Crippen LogP contribution in [0, 0.1) is 30.5 Å². The predicted molar refractivity (Wildman–Crippen MR) is 118 cm³/mol. The number of hydrogen-bond donors (Lipinski definition) is 3. The maximum Gasteiger partial charge on any atom is 0.223 e. The van der Waals surface area contributed by atoms with Gasteiger partial charge in [0.25, 0.3) is 0 Å². The van der Waals surface area contributed by atoms with E-state index in [2.05, 4.69) is 37.4 Å². The van der Waals surface area contributed by atoms with Gasteiger partial charge in [-0.15, -0.1) is 0 Å². The van der Waals surface area contributed by atoms with Gasteiger partial charge in [-0.2, -0.15) is 0 Å². The van der Waals surface area contributed by atoms with Crippen LogP contribution >= 0.6 is 0 Å². The predicted octanol–water partition coefficient (Wildman–Crippen LogP) is 4.44. The van der Waals surface area contributed by atoms with E-state index in [-0.39, 0.29) is 24.0 Å². The second-order valence-corrected chi connectivity index (χ2v) is 7.56. The molecule has 0 radical (unpaired) electrons. The minimum Gasteiger partial charge on any atom is -0.395 e. The first-order valence-corrected chi connectivity index (χ1v) is 10.4. The molecule has 1 heterocycles. The topological polar surface area (TPSA) is 82.4 Å². The molecule has 1 aliphatic rings. The maximum atomic E-state index is 14.1. The van der Waals surface area contributed by atoms with Crippen molar-refractivity contribution in [3.8, 4) is 11.8 Å². The fourth-order valence-corrected chi connectivity index (χ4v) is 3.20. The molecule has 1 aliphatic carbocycles. The lowest BCUT2D eigenvalue weighted by atomic mass is 9.96. The first-order valence-electron chi connectivity index (χ1n) is 10.4. The molecule has 0 bridgehead atoms. The van der Waals surface area contributed by atoms with Crippen LogP contribution in [0.3, 0.4) is 0 Å². The fourth-order valence-electron chi connectivity index (χ4n) is 3.20. The van der Waals surface area contributed by atoms with Crippen LogP contribution in [0.25, 0.3) is 0 Å². The lowest BCUT2D eigenvalue weighted by Gasteiger charge is -2.22. The first-order chi connectivity index (χ1) is 14.5. The molecule has 3 rings (SSSR count). The van der Waals surface area contributed by atoms with Gasteiger partial charge in [-0.3, -0.25) is 0 Å². The third-order valence-corrected chi connectivity index (χ3v) is 4.96. The van der Waals surface area contributed by atoms with Crippen molar-refractivity contribution in [2.45, 2.75) is 52.0 Å². The zero-order chi connectivity index (χ0) is 21.3. The van der Waals surface area contributed by atoms with Crippen LogP contribution in [0.2, 0.25) is 0 Å². The number of benzene rings is 1. The van der Waals surface area contributed by atoms with Crippen LogP contribution in [0.15, 0.2) is 35.5 Å². The van der Waals surface area contributed by atoms with Crippen molar-refractivity contribution in [2.75, 3.05) is 17.2 Å². The molecule has 1 fully saturated rings. The Morgan fingerprint density at radius 1 is 1.30 bits per heavy atom. The number of hydrogen-bond acceptors (Lipinski definition) is 5. The molecule has 0 aliphatic heterocycles. The van der Waals surface area contributed by atoms with Crippen molar-refractivity contribution in [3.63, 3.8) is 0 Å². The van der Waals surface area contributed by atoms with Crippen molar-refractivity contribution in [1.82, 2.24) is 9.97 Å². The van der Waals surface area contributed by atoms with E-state index in [1.54, 1.807) is 31.3 Å². The number of aliphatic hydroxyl groups is 1. The summed E-state index contributed by atoms with van der Waals surface area (Å²) in [7, 11) is 0. The number of amidine groups is 1. The lowest BCUT2D eigenvalue weighted by Crippen LogP contribution is -2.23. The van der Waals surface area contributed by atoms with Gasteiger partial charge in [0.15, 0.2) is 5.84 Å². The number of aromatic nitrogens is 2. The summed E-state index contributed by atoms with van der Waals surface area (Å²) in [6.07, 6.45) is 7.67. The molecule has 1 atom stereocenters. The van der Waals surface area contributed by atoms with E-state index in [0.29, 0.717) is 23.4 Å². The molecule has 2 aromatic rings. The summed E-state index contributed by atoms with van der Waals surface area (Å²) in [5.41, 5.74) is 1.53. The molecule has 0 saturated heterocycles. The number of rotatable bonds is 5. The van der Waals surface area contributed by atoms with Crippen molar-refractivity contribution in [1.29, 1.82) is 0 Å². The fraction of sp³-hybridized carbons (Fsp3) is 0.435. The third kappa shape index (κ3) is 6.26. The smallest absolute Gasteiger partial charge is 0.223 e. The molecule has 6 nitrogen and oxygen atoms in total. The van der Waals surface area contributed by atoms with Crippen LogP contribution < -0.4 is 10.6 Å². The van der Waals surface area contributed by atoms with Gasteiger partial charge in [-0.25, -0.2) is 19.4 Å². The summed E-state index contributed by atoms with van der Waals surface area (Å²) in [5.74, 6) is 6.04. The Morgan fingerprint density at radius 3 is 2.77 bits per heavy atom. The van der Waals surface area contributed by atoms with Gasteiger partial charge in [-0.1, -0.05) is 37.3 Å². The molecule has 1 aromatic heterocycles. The lowest BCUT2D eigenvalue weighted by molar-refractivity contribution is 0.266. The van der Waals surface area contributed by atoms with Gasteiger partial charge in [0, 0.05) is 12.0 Å². The number of aliphatic imine (C=N–C) groups is 1. The van der Waals surface area contributed by atoms with Gasteiger partial charge < -0.3 is 15.7 Å². The van der Waals surface area contributed by atoms with Crippen molar-refractivity contribution in [2.24, 2.45) is 10.9 Å². The summed E-state index contributed by atoms with van der Waals surface area (Å²) < 4.78 is 14.1. The second-order valence-electron chi connectivity index (χ2n) is 7.56. The highest BCUT2D eigenvalue weighted by molar-refractivity contribution is 6.09. The Kier molecular flexibility index (Phi) is 7.75. The highest BCUT2D eigenvalue weighted by Gasteiger charge is 2.14. The highest BCUT2D eigenvalue weighted by atomic mass is 19.1. The number of para-hydroxylation sites is 1. The molecular formula is C23H28FN5O. The van der Waals surface area contributed by atoms with Crippen molar-refractivity contribution in [3.05, 3.63) is 42.0 Å². The van der Waals surface area contributed by atoms with E-state index in [1.165, 1.54) is 25.3 Å². The quantitative estimate of drug-likeness (QED) is 0.386. The van der Waals surface area contributed by atoms with E-state index in [9.17, 15) is 9.50 Å². The Bertz CT molecular complexity index is 944. The minimum atomic E-state index is -0.401. The van der Waals surface area contributed by atoms with Gasteiger partial charge in [0.2, 0.25) is 5.95 Å². The normalized spacial score (nSPS) is 15.8. The average Bonchev–Trinajstić information content (AvgIpc) is 2.75. The van der Waals surface area contributed by atoms with E-state index in [1.807, 2.05) is 6.92 Å². The molecule has 0 spiro atoms. The number of aliphatic hydroxyl groups excluding tert-OH is 1. The van der Waals surface area contributed by atoms with E-state index >= 15 is 0 Å². The number of nitrogens with zero attached hydrogens (tertiary/aromatic N) is 3. The van der Waals surface area contributed by atoms with Gasteiger partial charge in [-0.05, 0) is 44.7 Å². The molecule has 158 valence electrons. The maximum absolute atomic E-state index is 14.1. The largest absolute Gasteiger partial charge is 0.395 e. The molecule has 7 heteroatoms.